The van der Waals surface area contributed by atoms with Gasteiger partial charge in [-0.2, -0.15) is 0 Å². The first-order valence-electron chi connectivity index (χ1n) is 7.16. The Kier molecular flexibility index (Phi) is 10.0. The summed E-state index contributed by atoms with van der Waals surface area (Å²) < 4.78 is 29.1. The Bertz CT molecular complexity index is 219. The second-order valence-electron chi connectivity index (χ2n) is 4.37. The predicted molar refractivity (Wildman–Crippen MR) is 74.8 cm³/mol. The Hall–Kier alpha value is 0.110. The lowest BCUT2D eigenvalue weighted by atomic mass is 10.2. The zero-order chi connectivity index (χ0) is 14.0. The Morgan fingerprint density at radius 2 is 1.22 bits per heavy atom. The van der Waals surface area contributed by atoms with Crippen molar-refractivity contribution in [2.24, 2.45) is 0 Å². The SMILES string of the molecule is CCCOP(=O)(OC(CC)CC)OC(CC)CC. The minimum atomic E-state index is -3.41. The molecule has 18 heavy (non-hydrogen) atoms. The maximum atomic E-state index is 12.6. The minimum Gasteiger partial charge on any atom is -0.287 e. The summed E-state index contributed by atoms with van der Waals surface area (Å²) in [6, 6.07) is 0. The molecule has 4 nitrogen and oxygen atoms in total. The molecular weight excluding hydrogens is 251 g/mol. The van der Waals surface area contributed by atoms with Gasteiger partial charge in [-0.1, -0.05) is 34.6 Å². The fraction of sp³-hybridized carbons (Fsp3) is 1.00. The molecule has 0 saturated carbocycles. The van der Waals surface area contributed by atoms with Crippen LogP contribution in [0.3, 0.4) is 0 Å². The first kappa shape index (κ1) is 18.1. The van der Waals surface area contributed by atoms with Crippen molar-refractivity contribution in [3.05, 3.63) is 0 Å². The molecule has 0 aliphatic rings. The molecule has 110 valence electrons. The van der Waals surface area contributed by atoms with Gasteiger partial charge in [-0.05, 0) is 32.1 Å². The van der Waals surface area contributed by atoms with Gasteiger partial charge < -0.3 is 0 Å². The zero-order valence-corrected chi connectivity index (χ0v) is 13.4. The Morgan fingerprint density at radius 1 is 0.833 bits per heavy atom. The van der Waals surface area contributed by atoms with E-state index in [2.05, 4.69) is 0 Å². The summed E-state index contributed by atoms with van der Waals surface area (Å²) in [7, 11) is -3.41. The lowest BCUT2D eigenvalue weighted by Crippen LogP contribution is -2.16. The maximum Gasteiger partial charge on any atom is 0.475 e. The normalized spacial score (nSPS) is 12.6. The molecule has 0 unspecified atom stereocenters. The highest BCUT2D eigenvalue weighted by Crippen LogP contribution is 2.53. The van der Waals surface area contributed by atoms with Crippen LogP contribution in [0.25, 0.3) is 0 Å². The van der Waals surface area contributed by atoms with Crippen molar-refractivity contribution in [1.82, 2.24) is 0 Å². The van der Waals surface area contributed by atoms with E-state index in [-0.39, 0.29) is 12.2 Å². The van der Waals surface area contributed by atoms with Gasteiger partial charge in [0.05, 0.1) is 18.8 Å². The van der Waals surface area contributed by atoms with Crippen LogP contribution >= 0.6 is 7.82 Å². The smallest absolute Gasteiger partial charge is 0.287 e. The van der Waals surface area contributed by atoms with Gasteiger partial charge in [-0.3, -0.25) is 13.6 Å². The van der Waals surface area contributed by atoms with Crippen LogP contribution in [-0.4, -0.2) is 18.8 Å². The van der Waals surface area contributed by atoms with Gasteiger partial charge in [0, 0.05) is 0 Å². The van der Waals surface area contributed by atoms with E-state index >= 15 is 0 Å². The number of hydrogen-bond acceptors (Lipinski definition) is 4. The first-order chi connectivity index (χ1) is 8.55. The molecule has 0 aromatic heterocycles. The molecule has 0 rings (SSSR count). The molecule has 0 N–H and O–H groups in total. The van der Waals surface area contributed by atoms with Crippen molar-refractivity contribution in [2.45, 2.75) is 78.9 Å². The van der Waals surface area contributed by atoms with E-state index in [9.17, 15) is 4.57 Å². The lowest BCUT2D eigenvalue weighted by molar-refractivity contribution is 0.0472. The summed E-state index contributed by atoms with van der Waals surface area (Å²) in [5.74, 6) is 0. The van der Waals surface area contributed by atoms with Crippen molar-refractivity contribution < 1.29 is 18.1 Å². The van der Waals surface area contributed by atoms with Crippen molar-refractivity contribution in [2.75, 3.05) is 6.61 Å². The quantitative estimate of drug-likeness (QED) is 0.503. The van der Waals surface area contributed by atoms with E-state index < -0.39 is 7.82 Å². The average molecular weight is 280 g/mol. The fourth-order valence-corrected chi connectivity index (χ4v) is 3.43. The minimum absolute atomic E-state index is 0.0675. The molecule has 0 fully saturated rings. The third-order valence-corrected chi connectivity index (χ3v) is 4.44. The van der Waals surface area contributed by atoms with Gasteiger partial charge in [-0.25, -0.2) is 4.57 Å². The maximum absolute atomic E-state index is 12.6. The summed E-state index contributed by atoms with van der Waals surface area (Å²) in [4.78, 5) is 0. The molecule has 0 radical (unpaired) electrons. The summed E-state index contributed by atoms with van der Waals surface area (Å²) in [6.07, 6.45) is 3.89. The molecule has 0 heterocycles. The Labute approximate surface area is 112 Å². The van der Waals surface area contributed by atoms with Crippen molar-refractivity contribution in [3.63, 3.8) is 0 Å². The molecular formula is C13H29O4P. The lowest BCUT2D eigenvalue weighted by Gasteiger charge is -2.25. The number of phosphoric ester groups is 1. The highest BCUT2D eigenvalue weighted by Gasteiger charge is 2.32. The van der Waals surface area contributed by atoms with Gasteiger partial charge in [0.15, 0.2) is 0 Å². The zero-order valence-electron chi connectivity index (χ0n) is 12.5. The van der Waals surface area contributed by atoms with E-state index in [1.807, 2.05) is 34.6 Å². The van der Waals surface area contributed by atoms with Crippen LogP contribution in [0.5, 0.6) is 0 Å². The fourth-order valence-electron chi connectivity index (χ4n) is 1.53. The molecule has 0 aliphatic heterocycles. The molecule has 0 bridgehead atoms. The van der Waals surface area contributed by atoms with Crippen molar-refractivity contribution in [1.29, 1.82) is 0 Å². The van der Waals surface area contributed by atoms with E-state index in [4.69, 9.17) is 13.6 Å². The summed E-state index contributed by atoms with van der Waals surface area (Å²) in [6.45, 7) is 10.4. The van der Waals surface area contributed by atoms with E-state index in [0.717, 1.165) is 32.1 Å². The van der Waals surface area contributed by atoms with E-state index in [1.54, 1.807) is 0 Å². The highest BCUT2D eigenvalue weighted by atomic mass is 31.2. The first-order valence-corrected chi connectivity index (χ1v) is 8.62. The summed E-state index contributed by atoms with van der Waals surface area (Å²) >= 11 is 0. The largest absolute Gasteiger partial charge is 0.475 e. The van der Waals surface area contributed by atoms with Crippen LogP contribution in [0.4, 0.5) is 0 Å². The molecule has 5 heteroatoms. The molecule has 0 spiro atoms. The average Bonchev–Trinajstić information content (AvgIpc) is 2.40. The second-order valence-corrected chi connectivity index (χ2v) is 5.94. The van der Waals surface area contributed by atoms with Gasteiger partial charge >= 0.3 is 7.82 Å². The topological polar surface area (TPSA) is 44.8 Å². The van der Waals surface area contributed by atoms with Crippen LogP contribution in [0.15, 0.2) is 0 Å². The second kappa shape index (κ2) is 9.96. The van der Waals surface area contributed by atoms with Crippen molar-refractivity contribution >= 4 is 7.82 Å². The van der Waals surface area contributed by atoms with Crippen LogP contribution < -0.4 is 0 Å². The van der Waals surface area contributed by atoms with Crippen LogP contribution in [0, 0.1) is 0 Å². The number of rotatable bonds is 11. The number of hydrogen-bond donors (Lipinski definition) is 0. The Balaban J connectivity index is 4.64. The monoisotopic (exact) mass is 280 g/mol. The van der Waals surface area contributed by atoms with Crippen LogP contribution in [0.2, 0.25) is 0 Å². The van der Waals surface area contributed by atoms with Gasteiger partial charge in [0.2, 0.25) is 0 Å². The summed E-state index contributed by atoms with van der Waals surface area (Å²) in [5, 5.41) is 0. The van der Waals surface area contributed by atoms with Crippen LogP contribution in [0.1, 0.15) is 66.7 Å². The molecule has 0 aromatic carbocycles. The molecule has 0 amide bonds. The van der Waals surface area contributed by atoms with Gasteiger partial charge in [0.25, 0.3) is 0 Å². The van der Waals surface area contributed by atoms with Gasteiger partial charge in [0.1, 0.15) is 0 Å². The van der Waals surface area contributed by atoms with Crippen molar-refractivity contribution in [3.8, 4) is 0 Å². The van der Waals surface area contributed by atoms with Crippen LogP contribution in [-0.2, 0) is 18.1 Å². The Morgan fingerprint density at radius 3 is 1.50 bits per heavy atom. The number of phosphoric acid groups is 1. The predicted octanol–water partition coefficient (Wildman–Crippen LogP) is 4.93. The molecule has 0 saturated heterocycles. The third-order valence-electron chi connectivity index (χ3n) is 2.83. The molecule has 0 aliphatic carbocycles. The molecule has 0 atom stereocenters. The highest BCUT2D eigenvalue weighted by molar-refractivity contribution is 7.48. The standard InChI is InChI=1S/C13H29O4P/c1-6-11-15-18(14,16-12(7-2)8-3)17-13(9-4)10-5/h12-13H,6-11H2,1-5H3. The van der Waals surface area contributed by atoms with E-state index in [1.165, 1.54) is 0 Å². The van der Waals surface area contributed by atoms with E-state index in [0.29, 0.717) is 6.61 Å². The van der Waals surface area contributed by atoms with Gasteiger partial charge in [-0.15, -0.1) is 0 Å². The molecule has 0 aromatic rings. The summed E-state index contributed by atoms with van der Waals surface area (Å²) in [5.41, 5.74) is 0. The third kappa shape index (κ3) is 6.89.